The number of likely N-dealkylation sites (N-methyl/N-ethyl adjacent to an activating group) is 1. The van der Waals surface area contributed by atoms with E-state index in [1.807, 2.05) is 44.3 Å². The van der Waals surface area contributed by atoms with Gasteiger partial charge in [0.1, 0.15) is 18.0 Å². The fourth-order valence-corrected chi connectivity index (χ4v) is 6.39. The maximum absolute atomic E-state index is 13.5. The average molecular weight is 524 g/mol. The molecule has 0 saturated heterocycles. The maximum Gasteiger partial charge on any atom is 0.303 e. The van der Waals surface area contributed by atoms with Crippen molar-refractivity contribution in [1.82, 2.24) is 5.32 Å². The van der Waals surface area contributed by atoms with Gasteiger partial charge in [0.15, 0.2) is 5.78 Å². The molecular weight excluding hydrogens is 482 g/mol. The minimum absolute atomic E-state index is 0.268. The first kappa shape index (κ1) is 29.7. The van der Waals surface area contributed by atoms with Gasteiger partial charge in [-0.2, -0.15) is 0 Å². The van der Waals surface area contributed by atoms with Gasteiger partial charge < -0.3 is 25.1 Å². The molecule has 9 atom stereocenters. The van der Waals surface area contributed by atoms with E-state index in [4.69, 9.17) is 4.74 Å². The Labute approximate surface area is 225 Å². The highest BCUT2D eigenvalue weighted by molar-refractivity contribution is 5.90. The molecule has 7 nitrogen and oxygen atoms in total. The Bertz CT molecular complexity index is 1090. The third-order valence-corrected chi connectivity index (χ3v) is 8.47. The minimum atomic E-state index is -1.83. The topological polar surface area (TPSA) is 113 Å². The van der Waals surface area contributed by atoms with Crippen molar-refractivity contribution in [3.05, 3.63) is 72.4 Å². The summed E-state index contributed by atoms with van der Waals surface area (Å²) < 4.78 is 5.81. The van der Waals surface area contributed by atoms with Crippen molar-refractivity contribution in [3.8, 4) is 0 Å². The molecule has 3 N–H and O–H groups in total. The van der Waals surface area contributed by atoms with Crippen molar-refractivity contribution in [1.29, 1.82) is 0 Å². The Balaban J connectivity index is 2.31. The number of benzene rings is 1. The van der Waals surface area contributed by atoms with Crippen molar-refractivity contribution in [3.63, 3.8) is 0 Å². The van der Waals surface area contributed by atoms with E-state index in [1.165, 1.54) is 26.0 Å². The van der Waals surface area contributed by atoms with Crippen LogP contribution in [0.5, 0.6) is 0 Å². The van der Waals surface area contributed by atoms with Crippen LogP contribution in [0.1, 0.15) is 39.7 Å². The van der Waals surface area contributed by atoms with E-state index in [2.05, 4.69) is 11.9 Å². The number of ketones is 1. The van der Waals surface area contributed by atoms with E-state index in [0.29, 0.717) is 18.4 Å². The number of fused-ring (bicyclic) bond motifs is 1. The summed E-state index contributed by atoms with van der Waals surface area (Å²) in [5.74, 6) is -3.12. The number of Topliss-reactive ketones (excluding diaryl/α,β-unsaturated/α-hetero) is 1. The second kappa shape index (κ2) is 11.9. The molecule has 2 aliphatic rings. The van der Waals surface area contributed by atoms with Crippen molar-refractivity contribution >= 4 is 18.0 Å². The molecule has 2 aliphatic carbocycles. The predicted octanol–water partition coefficient (Wildman–Crippen LogP) is 3.21. The largest absolute Gasteiger partial charge is 0.457 e. The maximum atomic E-state index is 13.5. The van der Waals surface area contributed by atoms with Gasteiger partial charge in [-0.05, 0) is 61.9 Å². The van der Waals surface area contributed by atoms with Crippen LogP contribution >= 0.6 is 0 Å². The van der Waals surface area contributed by atoms with Gasteiger partial charge >= 0.3 is 5.97 Å². The highest BCUT2D eigenvalue weighted by atomic mass is 16.5. The number of aliphatic hydroxyl groups excluding tert-OH is 1. The van der Waals surface area contributed by atoms with Crippen LogP contribution in [0.4, 0.5) is 0 Å². The number of aliphatic hydroxyl groups is 2. The van der Waals surface area contributed by atoms with Crippen LogP contribution in [0.2, 0.25) is 0 Å². The molecule has 1 aromatic carbocycles. The summed E-state index contributed by atoms with van der Waals surface area (Å²) in [5, 5.41) is 25.9. The van der Waals surface area contributed by atoms with E-state index in [1.54, 1.807) is 19.1 Å². The zero-order valence-corrected chi connectivity index (χ0v) is 23.0. The number of nitrogens with one attached hydrogen (secondary N) is 1. The van der Waals surface area contributed by atoms with Crippen molar-refractivity contribution in [2.45, 2.75) is 64.4 Å². The van der Waals surface area contributed by atoms with Gasteiger partial charge in [0.05, 0.1) is 11.5 Å². The molecule has 3 rings (SSSR count). The highest BCUT2D eigenvalue weighted by Gasteiger charge is 2.61. The number of carbonyl (C=O) groups is 3. The first-order valence-corrected chi connectivity index (χ1v) is 13.2. The van der Waals surface area contributed by atoms with Crippen molar-refractivity contribution in [2.24, 2.45) is 29.1 Å². The molecule has 0 spiro atoms. The SMILES string of the molecule is C=C1C(O)[C@@H]2/C=C/C[C@H](C)C(=O)[C@](C)(O)/C=C/C(OC(C)=O)[C@@]2(C=O)[C@H]([C@H](Cc2ccccc2)NC)[C@@H]1C. The van der Waals surface area contributed by atoms with Crippen LogP contribution in [0.15, 0.2) is 66.8 Å². The zero-order chi connectivity index (χ0) is 28.3. The lowest BCUT2D eigenvalue weighted by molar-refractivity contribution is -0.167. The molecule has 1 saturated carbocycles. The Hall–Kier alpha value is -2.87. The first-order chi connectivity index (χ1) is 17.9. The summed E-state index contributed by atoms with van der Waals surface area (Å²) in [7, 11) is 1.82. The molecule has 0 heterocycles. The second-order valence-corrected chi connectivity index (χ2v) is 11.0. The zero-order valence-electron chi connectivity index (χ0n) is 23.0. The summed E-state index contributed by atoms with van der Waals surface area (Å²) >= 11 is 0. The van der Waals surface area contributed by atoms with E-state index in [0.717, 1.165) is 11.8 Å². The molecule has 2 unspecified atom stereocenters. The summed E-state index contributed by atoms with van der Waals surface area (Å²) in [6, 6.07) is 9.60. The van der Waals surface area contributed by atoms with Crippen molar-refractivity contribution in [2.75, 3.05) is 7.05 Å². The fourth-order valence-electron chi connectivity index (χ4n) is 6.39. The molecule has 206 valence electrons. The van der Waals surface area contributed by atoms with E-state index < -0.39 is 52.7 Å². The predicted molar refractivity (Wildman–Crippen MR) is 146 cm³/mol. The summed E-state index contributed by atoms with van der Waals surface area (Å²) in [5.41, 5.74) is -1.62. The van der Waals surface area contributed by atoms with Crippen LogP contribution in [-0.2, 0) is 25.5 Å². The van der Waals surface area contributed by atoms with Gasteiger partial charge in [-0.3, -0.25) is 9.59 Å². The standard InChI is InChI=1S/C31H41NO6/c1-19-11-10-14-24-28(35)21(3)20(2)27(25(32-6)17-23-12-8-7-9-13-23)31(24,18-33)26(38-22(4)34)15-16-30(5,37)29(19)36/h7-10,12-16,18-20,24-28,32,35,37H,3,11,17H2,1-2,4-6H3/b14-10+,16-15+/t19-,20+,24-,25-,26?,27-,28?,30+,31-/m0/s1. The Morgan fingerprint density at radius 2 is 1.92 bits per heavy atom. The molecule has 0 bridgehead atoms. The number of esters is 1. The lowest BCUT2D eigenvalue weighted by atomic mass is 9.50. The minimum Gasteiger partial charge on any atom is -0.457 e. The number of hydrogen-bond acceptors (Lipinski definition) is 7. The number of aldehydes is 1. The van der Waals surface area contributed by atoms with Crippen molar-refractivity contribution < 1.29 is 29.3 Å². The van der Waals surface area contributed by atoms with Gasteiger partial charge in [-0.1, -0.05) is 62.9 Å². The molecule has 0 aliphatic heterocycles. The average Bonchev–Trinajstić information content (AvgIpc) is 2.90. The second-order valence-electron chi connectivity index (χ2n) is 11.0. The Morgan fingerprint density at radius 3 is 2.50 bits per heavy atom. The molecular formula is C31H41NO6. The van der Waals surface area contributed by atoms with Gasteiger partial charge in [-0.15, -0.1) is 0 Å². The number of allylic oxidation sites excluding steroid dienone is 1. The molecule has 0 aromatic heterocycles. The summed E-state index contributed by atoms with van der Waals surface area (Å²) in [4.78, 5) is 38.9. The number of ether oxygens (including phenoxy) is 1. The normalized spacial score (nSPS) is 38.3. The number of carbonyl (C=O) groups excluding carboxylic acids is 3. The van der Waals surface area contributed by atoms with Crippen LogP contribution in [0.25, 0.3) is 0 Å². The summed E-state index contributed by atoms with van der Waals surface area (Å²) in [6.07, 6.45) is 5.72. The molecule has 38 heavy (non-hydrogen) atoms. The molecule has 1 aromatic rings. The molecule has 7 heteroatoms. The summed E-state index contributed by atoms with van der Waals surface area (Å²) in [6.45, 7) is 10.5. The first-order valence-electron chi connectivity index (χ1n) is 13.2. The smallest absolute Gasteiger partial charge is 0.303 e. The van der Waals surface area contributed by atoms with Gasteiger partial charge in [0.25, 0.3) is 0 Å². The van der Waals surface area contributed by atoms with E-state index in [-0.39, 0.29) is 12.0 Å². The van der Waals surface area contributed by atoms with Gasteiger partial charge in [0.2, 0.25) is 0 Å². The third-order valence-electron chi connectivity index (χ3n) is 8.47. The molecule has 1 fully saturated rings. The molecule has 0 amide bonds. The van der Waals surface area contributed by atoms with E-state index >= 15 is 0 Å². The Morgan fingerprint density at radius 1 is 1.26 bits per heavy atom. The number of rotatable bonds is 6. The monoisotopic (exact) mass is 523 g/mol. The number of hydrogen-bond donors (Lipinski definition) is 3. The van der Waals surface area contributed by atoms with Gasteiger partial charge in [0, 0.05) is 24.8 Å². The Kier molecular flexibility index (Phi) is 9.29. The highest BCUT2D eigenvalue weighted by Crippen LogP contribution is 2.54. The quantitative estimate of drug-likeness (QED) is 0.298. The van der Waals surface area contributed by atoms with Gasteiger partial charge in [-0.25, -0.2) is 0 Å². The van der Waals surface area contributed by atoms with E-state index in [9.17, 15) is 24.6 Å². The van der Waals surface area contributed by atoms with Crippen LogP contribution < -0.4 is 5.32 Å². The lowest BCUT2D eigenvalue weighted by Crippen LogP contribution is -2.63. The fraction of sp³-hybridized carbons (Fsp3) is 0.516. The van der Waals surface area contributed by atoms with Crippen LogP contribution in [0.3, 0.4) is 0 Å². The third kappa shape index (κ3) is 5.60. The van der Waals surface area contributed by atoms with Crippen LogP contribution in [0, 0.1) is 29.1 Å². The molecule has 0 radical (unpaired) electrons. The van der Waals surface area contributed by atoms with Crippen LogP contribution in [-0.4, -0.2) is 59.2 Å². The lowest BCUT2D eigenvalue weighted by Gasteiger charge is -2.55.